The first-order valence-corrected chi connectivity index (χ1v) is 7.53. The highest BCUT2D eigenvalue weighted by atomic mass is 15.3. The molecule has 0 spiro atoms. The van der Waals surface area contributed by atoms with Gasteiger partial charge in [0, 0.05) is 32.7 Å². The summed E-state index contributed by atoms with van der Waals surface area (Å²) in [5.74, 6) is 0. The van der Waals surface area contributed by atoms with Crippen LogP contribution in [0.3, 0.4) is 0 Å². The maximum atomic E-state index is 9.13. The van der Waals surface area contributed by atoms with Gasteiger partial charge in [0.2, 0.25) is 0 Å². The number of piperazine rings is 1. The van der Waals surface area contributed by atoms with Gasteiger partial charge < -0.3 is 0 Å². The molecule has 1 aromatic carbocycles. The fourth-order valence-corrected chi connectivity index (χ4v) is 2.85. The summed E-state index contributed by atoms with van der Waals surface area (Å²) < 4.78 is 0. The van der Waals surface area contributed by atoms with Crippen LogP contribution in [0.15, 0.2) is 18.2 Å². The Balaban J connectivity index is 1.92. The summed E-state index contributed by atoms with van der Waals surface area (Å²) in [6.45, 7) is 8.97. The van der Waals surface area contributed by atoms with Crippen LogP contribution >= 0.6 is 0 Å². The van der Waals surface area contributed by atoms with Crippen LogP contribution in [0.5, 0.6) is 0 Å². The Bertz CT molecular complexity index is 559. The third kappa shape index (κ3) is 3.82. The second-order valence-corrected chi connectivity index (χ2v) is 5.62. The van der Waals surface area contributed by atoms with Gasteiger partial charge in [-0.1, -0.05) is 13.0 Å². The van der Waals surface area contributed by atoms with Gasteiger partial charge >= 0.3 is 0 Å². The van der Waals surface area contributed by atoms with E-state index in [1.165, 1.54) is 11.1 Å². The molecule has 0 radical (unpaired) electrons. The fourth-order valence-electron chi connectivity index (χ4n) is 2.85. The molecule has 1 heterocycles. The maximum Gasteiger partial charge on any atom is 0.0991 e. The predicted molar refractivity (Wildman–Crippen MR) is 82.4 cm³/mol. The number of benzene rings is 1. The first-order chi connectivity index (χ1) is 10.2. The van der Waals surface area contributed by atoms with Gasteiger partial charge in [-0.2, -0.15) is 10.5 Å². The van der Waals surface area contributed by atoms with E-state index < -0.39 is 0 Å². The minimum Gasteiger partial charge on any atom is -0.297 e. The van der Waals surface area contributed by atoms with E-state index >= 15 is 0 Å². The number of nitrogens with zero attached hydrogens (tertiary/aromatic N) is 4. The summed E-state index contributed by atoms with van der Waals surface area (Å²) in [5, 5.41) is 18.0. The monoisotopic (exact) mass is 282 g/mol. The maximum absolute atomic E-state index is 9.13. The molecule has 21 heavy (non-hydrogen) atoms. The van der Waals surface area contributed by atoms with Crippen molar-refractivity contribution in [2.75, 3.05) is 26.2 Å². The third-order valence-electron chi connectivity index (χ3n) is 4.25. The van der Waals surface area contributed by atoms with Crippen molar-refractivity contribution in [2.24, 2.45) is 0 Å². The molecule has 0 N–H and O–H groups in total. The predicted octanol–water partition coefficient (Wildman–Crippen LogP) is 2.29. The minimum absolute atomic E-state index is 0.0591. The van der Waals surface area contributed by atoms with Crippen molar-refractivity contribution in [3.63, 3.8) is 0 Å². The summed E-state index contributed by atoms with van der Waals surface area (Å²) in [6.07, 6.45) is 0.894. The summed E-state index contributed by atoms with van der Waals surface area (Å²) in [4.78, 5) is 4.71. The minimum atomic E-state index is 0.0591. The number of rotatable bonds is 4. The van der Waals surface area contributed by atoms with Gasteiger partial charge in [-0.15, -0.1) is 0 Å². The average Bonchev–Trinajstić information content (AvgIpc) is 2.52. The Labute approximate surface area is 127 Å². The van der Waals surface area contributed by atoms with Gasteiger partial charge in [-0.05, 0) is 36.6 Å². The van der Waals surface area contributed by atoms with Crippen LogP contribution < -0.4 is 0 Å². The van der Waals surface area contributed by atoms with Crippen molar-refractivity contribution < 1.29 is 0 Å². The zero-order chi connectivity index (χ0) is 15.2. The van der Waals surface area contributed by atoms with Gasteiger partial charge in [0.1, 0.15) is 0 Å². The lowest BCUT2D eigenvalue weighted by atomic mass is 10.0. The summed E-state index contributed by atoms with van der Waals surface area (Å²) in [5.41, 5.74) is 3.19. The Morgan fingerprint density at radius 2 is 1.90 bits per heavy atom. The molecular formula is C17H22N4. The van der Waals surface area contributed by atoms with Gasteiger partial charge in [0.15, 0.2) is 0 Å². The van der Waals surface area contributed by atoms with Crippen molar-refractivity contribution in [3.8, 4) is 12.1 Å². The van der Waals surface area contributed by atoms with E-state index in [0.717, 1.165) is 44.7 Å². The van der Waals surface area contributed by atoms with Crippen LogP contribution in [0.1, 0.15) is 30.0 Å². The van der Waals surface area contributed by atoms with E-state index in [4.69, 9.17) is 10.5 Å². The lowest BCUT2D eigenvalue weighted by molar-refractivity contribution is 0.108. The second-order valence-electron chi connectivity index (χ2n) is 5.62. The number of aryl methyl sites for hydroxylation is 1. The lowest BCUT2D eigenvalue weighted by Crippen LogP contribution is -2.49. The molecule has 0 amide bonds. The van der Waals surface area contributed by atoms with E-state index in [2.05, 4.69) is 41.9 Å². The second kappa shape index (κ2) is 7.22. The smallest absolute Gasteiger partial charge is 0.0991 e. The standard InChI is InChI=1S/C17H22N4/c1-3-17(12-19)21-8-6-20(7-9-21)13-16-5-4-15(11-18)10-14(16)2/h4-5,10,17H,3,6-9,13H2,1-2H3. The lowest BCUT2D eigenvalue weighted by Gasteiger charge is -2.36. The van der Waals surface area contributed by atoms with Crippen LogP contribution in [0.2, 0.25) is 0 Å². The van der Waals surface area contributed by atoms with E-state index in [1.54, 1.807) is 0 Å². The van der Waals surface area contributed by atoms with Crippen molar-refractivity contribution in [3.05, 3.63) is 34.9 Å². The topological polar surface area (TPSA) is 54.1 Å². The van der Waals surface area contributed by atoms with Crippen LogP contribution in [-0.4, -0.2) is 42.0 Å². The van der Waals surface area contributed by atoms with Crippen molar-refractivity contribution in [1.29, 1.82) is 10.5 Å². The summed E-state index contributed by atoms with van der Waals surface area (Å²) >= 11 is 0. The van der Waals surface area contributed by atoms with Crippen LogP contribution in [0.4, 0.5) is 0 Å². The number of nitriles is 2. The van der Waals surface area contributed by atoms with Crippen LogP contribution in [0.25, 0.3) is 0 Å². The zero-order valence-corrected chi connectivity index (χ0v) is 12.8. The van der Waals surface area contributed by atoms with Crippen molar-refractivity contribution in [1.82, 2.24) is 9.80 Å². The van der Waals surface area contributed by atoms with Crippen molar-refractivity contribution in [2.45, 2.75) is 32.9 Å². The molecular weight excluding hydrogens is 260 g/mol. The van der Waals surface area contributed by atoms with Gasteiger partial charge in [0.25, 0.3) is 0 Å². The fraction of sp³-hybridized carbons (Fsp3) is 0.529. The highest BCUT2D eigenvalue weighted by Crippen LogP contribution is 2.15. The molecule has 0 saturated carbocycles. The molecule has 1 aliphatic rings. The number of hydrogen-bond acceptors (Lipinski definition) is 4. The molecule has 4 nitrogen and oxygen atoms in total. The molecule has 1 atom stereocenters. The zero-order valence-electron chi connectivity index (χ0n) is 12.8. The van der Waals surface area contributed by atoms with E-state index in [0.29, 0.717) is 0 Å². The summed E-state index contributed by atoms with van der Waals surface area (Å²) in [7, 11) is 0. The van der Waals surface area contributed by atoms with Crippen LogP contribution in [-0.2, 0) is 6.54 Å². The van der Waals surface area contributed by atoms with Crippen LogP contribution in [0, 0.1) is 29.6 Å². The highest BCUT2D eigenvalue weighted by Gasteiger charge is 2.22. The first kappa shape index (κ1) is 15.5. The Morgan fingerprint density at radius 1 is 1.19 bits per heavy atom. The molecule has 0 aliphatic carbocycles. The van der Waals surface area contributed by atoms with Gasteiger partial charge in [-0.3, -0.25) is 9.80 Å². The largest absolute Gasteiger partial charge is 0.297 e. The molecule has 2 rings (SSSR count). The van der Waals surface area contributed by atoms with E-state index in [-0.39, 0.29) is 6.04 Å². The third-order valence-corrected chi connectivity index (χ3v) is 4.25. The Morgan fingerprint density at radius 3 is 2.43 bits per heavy atom. The summed E-state index contributed by atoms with van der Waals surface area (Å²) in [6, 6.07) is 10.5. The number of hydrogen-bond donors (Lipinski definition) is 0. The molecule has 1 aliphatic heterocycles. The van der Waals surface area contributed by atoms with E-state index in [1.807, 2.05) is 12.1 Å². The quantitative estimate of drug-likeness (QED) is 0.850. The average molecular weight is 282 g/mol. The molecule has 4 heteroatoms. The Kier molecular flexibility index (Phi) is 5.33. The molecule has 110 valence electrons. The van der Waals surface area contributed by atoms with Gasteiger partial charge in [-0.25, -0.2) is 0 Å². The molecule has 0 aromatic heterocycles. The first-order valence-electron chi connectivity index (χ1n) is 7.53. The molecule has 1 unspecified atom stereocenters. The SMILES string of the molecule is CCC(C#N)N1CCN(Cc2ccc(C#N)cc2C)CC1. The molecule has 1 fully saturated rings. The Hall–Kier alpha value is -1.88. The molecule has 1 aromatic rings. The normalized spacial score (nSPS) is 17.9. The van der Waals surface area contributed by atoms with Gasteiger partial charge in [0.05, 0.1) is 23.7 Å². The molecule has 1 saturated heterocycles. The molecule has 0 bridgehead atoms. The highest BCUT2D eigenvalue weighted by molar-refractivity contribution is 5.37. The van der Waals surface area contributed by atoms with E-state index in [9.17, 15) is 0 Å². The van der Waals surface area contributed by atoms with Crippen molar-refractivity contribution >= 4 is 0 Å².